The van der Waals surface area contributed by atoms with Gasteiger partial charge in [0.25, 0.3) is 5.91 Å². The highest BCUT2D eigenvalue weighted by molar-refractivity contribution is 7.91. The van der Waals surface area contributed by atoms with Crippen LogP contribution in [-0.4, -0.2) is 64.9 Å². The quantitative estimate of drug-likeness (QED) is 0.271. The second-order valence-electron chi connectivity index (χ2n) is 9.97. The number of aromatic nitrogens is 3. The van der Waals surface area contributed by atoms with Crippen molar-refractivity contribution in [3.8, 4) is 11.4 Å². The van der Waals surface area contributed by atoms with Crippen LogP contribution in [0.1, 0.15) is 27.3 Å². The van der Waals surface area contributed by atoms with Crippen molar-refractivity contribution in [2.45, 2.75) is 19.5 Å². The molecule has 1 aromatic heterocycles. The molecule has 218 valence electrons. The van der Waals surface area contributed by atoms with Crippen molar-refractivity contribution in [1.82, 2.24) is 25.4 Å². The lowest BCUT2D eigenvalue weighted by molar-refractivity contribution is -0.120. The number of nitrogens with one attached hydrogen (secondary N) is 3. The smallest absolute Gasteiger partial charge is 0.255 e. The number of sulfone groups is 1. The molecule has 0 unspecified atom stereocenters. The van der Waals surface area contributed by atoms with Gasteiger partial charge in [-0.3, -0.25) is 19.6 Å². The molecule has 0 atom stereocenters. The monoisotopic (exact) mass is 594 g/mol. The van der Waals surface area contributed by atoms with E-state index in [0.717, 1.165) is 17.7 Å². The van der Waals surface area contributed by atoms with Crippen LogP contribution in [0.4, 0.5) is 14.5 Å². The van der Waals surface area contributed by atoms with Gasteiger partial charge in [0.1, 0.15) is 5.82 Å². The summed E-state index contributed by atoms with van der Waals surface area (Å²) in [6.45, 7) is 1.56. The van der Waals surface area contributed by atoms with Crippen LogP contribution in [0, 0.1) is 11.6 Å². The number of halogens is 2. The first-order valence-electron chi connectivity index (χ1n) is 13.2. The number of amides is 2. The van der Waals surface area contributed by atoms with Gasteiger partial charge in [-0.2, -0.15) is 5.10 Å². The topological polar surface area (TPSA) is 137 Å². The highest BCUT2D eigenvalue weighted by Crippen LogP contribution is 2.19. The average molecular weight is 595 g/mol. The maximum absolute atomic E-state index is 13.3. The number of anilines is 1. The number of hydrogen-bond donors (Lipinski definition) is 3. The minimum atomic E-state index is -2.95. The molecule has 5 rings (SSSR count). The number of carbonyl (C=O) groups excluding carboxylic acids is 2. The molecule has 0 saturated carbocycles. The normalized spacial score (nSPS) is 14.8. The predicted molar refractivity (Wildman–Crippen MR) is 152 cm³/mol. The van der Waals surface area contributed by atoms with Gasteiger partial charge < -0.3 is 10.6 Å². The van der Waals surface area contributed by atoms with Crippen LogP contribution >= 0.6 is 0 Å². The van der Waals surface area contributed by atoms with Gasteiger partial charge in [0.15, 0.2) is 27.3 Å². The molecule has 1 saturated heterocycles. The summed E-state index contributed by atoms with van der Waals surface area (Å²) in [5, 5.41) is 12.4. The van der Waals surface area contributed by atoms with Crippen molar-refractivity contribution in [3.05, 3.63) is 101 Å². The van der Waals surface area contributed by atoms with Crippen LogP contribution in [0.3, 0.4) is 0 Å². The minimum Gasteiger partial charge on any atom is -0.352 e. The largest absolute Gasteiger partial charge is 0.352 e. The predicted octanol–water partition coefficient (Wildman–Crippen LogP) is 3.09. The zero-order valence-electron chi connectivity index (χ0n) is 22.4. The van der Waals surface area contributed by atoms with E-state index in [1.165, 1.54) is 6.07 Å². The Hall–Kier alpha value is -4.49. The van der Waals surface area contributed by atoms with Crippen molar-refractivity contribution in [2.24, 2.45) is 0 Å². The molecular formula is C29H28F2N6O4S. The third-order valence-electron chi connectivity index (χ3n) is 6.77. The Kier molecular flexibility index (Phi) is 8.69. The fourth-order valence-corrected chi connectivity index (χ4v) is 5.73. The third-order valence-corrected chi connectivity index (χ3v) is 8.38. The van der Waals surface area contributed by atoms with Gasteiger partial charge in [-0.15, -0.1) is 0 Å². The second-order valence-corrected chi connectivity index (χ2v) is 12.3. The van der Waals surface area contributed by atoms with Gasteiger partial charge in [0.05, 0.1) is 17.9 Å². The molecule has 0 bridgehead atoms. The fraction of sp³-hybridized carbons (Fsp3) is 0.241. The summed E-state index contributed by atoms with van der Waals surface area (Å²) in [5.74, 6) is -1.58. The minimum absolute atomic E-state index is 0.0410. The SMILES string of the molecule is O=C(Cc1nc(-c2ccc(NC(=O)c3cccc(CN4CCS(=O)(=O)CC4)c3)cc2)n[nH]1)NCc1ccc(F)c(F)c1. The second kappa shape index (κ2) is 12.6. The standard InChI is InChI=1S/C29H28F2N6O4S/c30-24-9-4-19(15-25(24)31)17-32-27(38)16-26-34-28(36-35-26)21-5-7-23(8-6-21)33-29(39)22-3-1-2-20(14-22)18-37-10-12-42(40,41)13-11-37/h1-9,14-15H,10-13,16-18H2,(H,32,38)(H,33,39)(H,34,35,36). The van der Waals surface area contributed by atoms with E-state index in [9.17, 15) is 26.8 Å². The molecule has 3 N–H and O–H groups in total. The van der Waals surface area contributed by atoms with Crippen LogP contribution in [-0.2, 0) is 34.1 Å². The van der Waals surface area contributed by atoms with Crippen LogP contribution < -0.4 is 10.6 Å². The Morgan fingerprint density at radius 3 is 2.43 bits per heavy atom. The summed E-state index contributed by atoms with van der Waals surface area (Å²) >= 11 is 0. The Balaban J connectivity index is 1.13. The fourth-order valence-electron chi connectivity index (χ4n) is 4.45. The van der Waals surface area contributed by atoms with Gasteiger partial charge in [0, 0.05) is 43.0 Å². The van der Waals surface area contributed by atoms with Crippen LogP contribution in [0.25, 0.3) is 11.4 Å². The molecule has 2 heterocycles. The van der Waals surface area contributed by atoms with Gasteiger partial charge >= 0.3 is 0 Å². The zero-order valence-corrected chi connectivity index (χ0v) is 23.3. The molecule has 2 amide bonds. The Bertz CT molecular complexity index is 1700. The summed E-state index contributed by atoms with van der Waals surface area (Å²) in [6.07, 6.45) is -0.0826. The highest BCUT2D eigenvalue weighted by Gasteiger charge is 2.21. The highest BCUT2D eigenvalue weighted by atomic mass is 32.2. The van der Waals surface area contributed by atoms with E-state index in [1.54, 1.807) is 42.5 Å². The van der Waals surface area contributed by atoms with Gasteiger partial charge in [-0.1, -0.05) is 18.2 Å². The third kappa shape index (κ3) is 7.62. The van der Waals surface area contributed by atoms with Crippen molar-refractivity contribution in [1.29, 1.82) is 0 Å². The first-order chi connectivity index (χ1) is 20.1. The molecule has 13 heteroatoms. The number of rotatable bonds is 9. The average Bonchev–Trinajstić information content (AvgIpc) is 3.43. The summed E-state index contributed by atoms with van der Waals surface area (Å²) in [4.78, 5) is 31.5. The molecule has 4 aromatic rings. The van der Waals surface area contributed by atoms with E-state index in [0.29, 0.717) is 53.7 Å². The summed E-state index contributed by atoms with van der Waals surface area (Å²) in [6, 6.07) is 17.6. The lowest BCUT2D eigenvalue weighted by Crippen LogP contribution is -2.39. The van der Waals surface area contributed by atoms with Crippen molar-refractivity contribution in [3.63, 3.8) is 0 Å². The zero-order chi connectivity index (χ0) is 29.7. The van der Waals surface area contributed by atoms with E-state index in [2.05, 4.69) is 30.7 Å². The van der Waals surface area contributed by atoms with Gasteiger partial charge in [-0.05, 0) is 59.7 Å². The summed E-state index contributed by atoms with van der Waals surface area (Å²) in [7, 11) is -2.95. The van der Waals surface area contributed by atoms with Crippen molar-refractivity contribution >= 4 is 27.3 Å². The molecule has 0 spiro atoms. The van der Waals surface area contributed by atoms with Crippen LogP contribution in [0.2, 0.25) is 0 Å². The van der Waals surface area contributed by atoms with E-state index in [-0.39, 0.29) is 36.3 Å². The maximum Gasteiger partial charge on any atom is 0.255 e. The molecular weight excluding hydrogens is 566 g/mol. The first-order valence-corrected chi connectivity index (χ1v) is 15.0. The number of hydrogen-bond acceptors (Lipinski definition) is 7. The molecule has 1 fully saturated rings. The molecule has 1 aliphatic rings. The number of nitrogens with zero attached hydrogens (tertiary/aromatic N) is 3. The first kappa shape index (κ1) is 29.0. The van der Waals surface area contributed by atoms with Crippen molar-refractivity contribution in [2.75, 3.05) is 29.9 Å². The molecule has 1 aliphatic heterocycles. The number of carbonyl (C=O) groups is 2. The Morgan fingerprint density at radius 1 is 0.929 bits per heavy atom. The molecule has 10 nitrogen and oxygen atoms in total. The Morgan fingerprint density at radius 2 is 1.69 bits per heavy atom. The van der Waals surface area contributed by atoms with Crippen molar-refractivity contribution < 1.29 is 26.8 Å². The number of H-pyrrole nitrogens is 1. The number of benzene rings is 3. The lowest BCUT2D eigenvalue weighted by Gasteiger charge is -2.26. The van der Waals surface area contributed by atoms with E-state index in [4.69, 9.17) is 0 Å². The lowest BCUT2D eigenvalue weighted by atomic mass is 10.1. The van der Waals surface area contributed by atoms with Gasteiger partial charge in [-0.25, -0.2) is 22.2 Å². The maximum atomic E-state index is 13.3. The van der Waals surface area contributed by atoms with E-state index < -0.39 is 21.5 Å². The van der Waals surface area contributed by atoms with Crippen LogP contribution in [0.5, 0.6) is 0 Å². The molecule has 42 heavy (non-hydrogen) atoms. The molecule has 3 aromatic carbocycles. The van der Waals surface area contributed by atoms with E-state index >= 15 is 0 Å². The number of aromatic amines is 1. The van der Waals surface area contributed by atoms with Crippen LogP contribution in [0.15, 0.2) is 66.7 Å². The molecule has 0 radical (unpaired) electrons. The van der Waals surface area contributed by atoms with Gasteiger partial charge in [0.2, 0.25) is 5.91 Å². The summed E-state index contributed by atoms with van der Waals surface area (Å²) < 4.78 is 49.7. The van der Waals surface area contributed by atoms with E-state index in [1.807, 2.05) is 6.07 Å². The summed E-state index contributed by atoms with van der Waals surface area (Å²) in [5.41, 5.74) is 3.08. The Labute approximate surface area is 241 Å². The molecule has 0 aliphatic carbocycles.